The second kappa shape index (κ2) is 7.75. The monoisotopic (exact) mass is 257 g/mol. The van der Waals surface area contributed by atoms with Crippen molar-refractivity contribution in [3.05, 3.63) is 24.2 Å². The number of carbonyl (C=O) groups excluding carboxylic acids is 2. The zero-order valence-electron chi connectivity index (χ0n) is 9.27. The molecule has 1 aromatic rings. The first-order valence-electron chi connectivity index (χ1n) is 5.10. The Morgan fingerprint density at radius 3 is 2.94 bits per heavy atom. The van der Waals surface area contributed by atoms with Crippen molar-refractivity contribution in [3.63, 3.8) is 0 Å². The van der Waals surface area contributed by atoms with Gasteiger partial charge in [-0.3, -0.25) is 10.1 Å². The Morgan fingerprint density at radius 1 is 1.47 bits per heavy atom. The van der Waals surface area contributed by atoms with E-state index in [9.17, 15) is 9.59 Å². The van der Waals surface area contributed by atoms with Gasteiger partial charge in [0.25, 0.3) is 0 Å². The number of nitrogens with one attached hydrogen (secondary N) is 2. The summed E-state index contributed by atoms with van der Waals surface area (Å²) in [5.41, 5.74) is 5.28. The van der Waals surface area contributed by atoms with Crippen molar-refractivity contribution >= 4 is 23.7 Å². The van der Waals surface area contributed by atoms with Crippen LogP contribution in [0.1, 0.15) is 5.76 Å². The van der Waals surface area contributed by atoms with E-state index < -0.39 is 6.03 Å². The van der Waals surface area contributed by atoms with Crippen molar-refractivity contribution in [3.8, 4) is 0 Å². The van der Waals surface area contributed by atoms with E-state index in [-0.39, 0.29) is 18.2 Å². The Hall–Kier alpha value is -1.47. The molecular weight excluding hydrogens is 242 g/mol. The predicted octanol–water partition coefficient (Wildman–Crippen LogP) is 0.297. The zero-order valence-corrected chi connectivity index (χ0v) is 10.1. The van der Waals surface area contributed by atoms with Crippen LogP contribution in [0.3, 0.4) is 0 Å². The molecule has 1 rings (SSSR count). The smallest absolute Gasteiger partial charge is 0.321 e. The Morgan fingerprint density at radius 2 is 2.29 bits per heavy atom. The quantitative estimate of drug-likeness (QED) is 0.637. The standard InChI is InChI=1S/C10H15N3O3S/c11-3-5-17-7-9(14)13-10(15)12-6-8-2-1-4-16-8/h1-2,4H,3,5-7,11H2,(H2,12,13,14,15). The molecule has 0 fully saturated rings. The van der Waals surface area contributed by atoms with Crippen molar-refractivity contribution in [2.24, 2.45) is 5.73 Å². The highest BCUT2D eigenvalue weighted by Gasteiger charge is 2.07. The molecule has 0 spiro atoms. The summed E-state index contributed by atoms with van der Waals surface area (Å²) in [5, 5.41) is 4.72. The van der Waals surface area contributed by atoms with E-state index in [2.05, 4.69) is 10.6 Å². The SMILES string of the molecule is NCCSCC(=O)NC(=O)NCc1ccco1. The van der Waals surface area contributed by atoms with Gasteiger partial charge < -0.3 is 15.5 Å². The molecule has 3 amide bonds. The third-order valence-electron chi connectivity index (χ3n) is 1.75. The van der Waals surface area contributed by atoms with Crippen LogP contribution in [0.2, 0.25) is 0 Å². The van der Waals surface area contributed by atoms with Gasteiger partial charge in [0, 0.05) is 12.3 Å². The molecular formula is C10H15N3O3S. The number of imide groups is 1. The number of nitrogens with two attached hydrogens (primary N) is 1. The molecule has 0 aliphatic rings. The molecule has 0 atom stereocenters. The minimum Gasteiger partial charge on any atom is -0.467 e. The highest BCUT2D eigenvalue weighted by Crippen LogP contribution is 1.98. The average molecular weight is 257 g/mol. The second-order valence-corrected chi connectivity index (χ2v) is 4.26. The van der Waals surface area contributed by atoms with E-state index in [4.69, 9.17) is 10.2 Å². The van der Waals surface area contributed by atoms with Crippen LogP contribution >= 0.6 is 11.8 Å². The summed E-state index contributed by atoms with van der Waals surface area (Å²) < 4.78 is 5.02. The maximum absolute atomic E-state index is 11.3. The van der Waals surface area contributed by atoms with Gasteiger partial charge in [-0.25, -0.2) is 4.79 Å². The van der Waals surface area contributed by atoms with Crippen LogP contribution in [0.15, 0.2) is 22.8 Å². The fourth-order valence-electron chi connectivity index (χ4n) is 1.04. The summed E-state index contributed by atoms with van der Waals surface area (Å²) in [6, 6.07) is 2.93. The summed E-state index contributed by atoms with van der Waals surface area (Å²) in [7, 11) is 0. The third kappa shape index (κ3) is 5.98. The van der Waals surface area contributed by atoms with Gasteiger partial charge in [-0.2, -0.15) is 11.8 Å². The molecule has 17 heavy (non-hydrogen) atoms. The summed E-state index contributed by atoms with van der Waals surface area (Å²) in [6.07, 6.45) is 1.52. The van der Waals surface area contributed by atoms with E-state index in [1.807, 2.05) is 0 Å². The van der Waals surface area contributed by atoms with Crippen LogP contribution in [-0.2, 0) is 11.3 Å². The van der Waals surface area contributed by atoms with Crippen LogP contribution in [0.25, 0.3) is 0 Å². The molecule has 0 aromatic carbocycles. The minimum absolute atomic E-state index is 0.228. The first kappa shape index (κ1) is 13.6. The average Bonchev–Trinajstić information content (AvgIpc) is 2.79. The molecule has 7 heteroatoms. The topological polar surface area (TPSA) is 97.4 Å². The first-order valence-corrected chi connectivity index (χ1v) is 6.25. The lowest BCUT2D eigenvalue weighted by Gasteiger charge is -2.04. The predicted molar refractivity (Wildman–Crippen MR) is 65.5 cm³/mol. The van der Waals surface area contributed by atoms with Gasteiger partial charge in [-0.1, -0.05) is 0 Å². The lowest BCUT2D eigenvalue weighted by molar-refractivity contribution is -0.117. The normalized spacial score (nSPS) is 9.94. The number of urea groups is 1. The first-order chi connectivity index (χ1) is 8.22. The largest absolute Gasteiger partial charge is 0.467 e. The Labute approximate surface area is 103 Å². The summed E-state index contributed by atoms with van der Waals surface area (Å²) in [5.74, 6) is 1.22. The van der Waals surface area contributed by atoms with Gasteiger partial charge >= 0.3 is 6.03 Å². The molecule has 0 aliphatic heterocycles. The van der Waals surface area contributed by atoms with E-state index in [1.165, 1.54) is 18.0 Å². The van der Waals surface area contributed by atoms with Crippen LogP contribution in [0.5, 0.6) is 0 Å². The van der Waals surface area contributed by atoms with Crippen molar-refractivity contribution < 1.29 is 14.0 Å². The van der Waals surface area contributed by atoms with Gasteiger partial charge in [0.1, 0.15) is 5.76 Å². The molecule has 0 bridgehead atoms. The molecule has 0 saturated heterocycles. The number of furan rings is 1. The number of hydrogen-bond acceptors (Lipinski definition) is 5. The maximum atomic E-state index is 11.3. The van der Waals surface area contributed by atoms with Crippen molar-refractivity contribution in [2.45, 2.75) is 6.54 Å². The van der Waals surface area contributed by atoms with E-state index in [0.717, 1.165) is 0 Å². The van der Waals surface area contributed by atoms with Gasteiger partial charge in [0.2, 0.25) is 5.91 Å². The molecule has 6 nitrogen and oxygen atoms in total. The highest BCUT2D eigenvalue weighted by molar-refractivity contribution is 7.99. The van der Waals surface area contributed by atoms with Crippen molar-refractivity contribution in [2.75, 3.05) is 18.1 Å². The Bertz CT molecular complexity index is 354. The molecule has 0 radical (unpaired) electrons. The zero-order chi connectivity index (χ0) is 12.5. The highest BCUT2D eigenvalue weighted by atomic mass is 32.2. The molecule has 94 valence electrons. The van der Waals surface area contributed by atoms with Crippen LogP contribution < -0.4 is 16.4 Å². The van der Waals surface area contributed by atoms with E-state index >= 15 is 0 Å². The molecule has 1 heterocycles. The van der Waals surface area contributed by atoms with Crippen LogP contribution in [0, 0.1) is 0 Å². The summed E-state index contributed by atoms with van der Waals surface area (Å²) in [4.78, 5) is 22.5. The molecule has 1 aromatic heterocycles. The number of amides is 3. The third-order valence-corrected chi connectivity index (χ3v) is 2.74. The second-order valence-electron chi connectivity index (χ2n) is 3.15. The van der Waals surface area contributed by atoms with Gasteiger partial charge in [0.05, 0.1) is 18.6 Å². The van der Waals surface area contributed by atoms with Gasteiger partial charge in [-0.05, 0) is 12.1 Å². The van der Waals surface area contributed by atoms with E-state index in [0.29, 0.717) is 18.1 Å². The molecule has 4 N–H and O–H groups in total. The lowest BCUT2D eigenvalue weighted by Crippen LogP contribution is -2.40. The minimum atomic E-state index is -0.528. The van der Waals surface area contributed by atoms with Gasteiger partial charge in [-0.15, -0.1) is 0 Å². The maximum Gasteiger partial charge on any atom is 0.321 e. The number of carbonyl (C=O) groups is 2. The fraction of sp³-hybridized carbons (Fsp3) is 0.400. The molecule has 0 aliphatic carbocycles. The number of hydrogen-bond donors (Lipinski definition) is 3. The molecule has 0 unspecified atom stereocenters. The summed E-state index contributed by atoms with van der Waals surface area (Å²) in [6.45, 7) is 0.769. The number of rotatable bonds is 6. The summed E-state index contributed by atoms with van der Waals surface area (Å²) >= 11 is 1.38. The fourth-order valence-corrected chi connectivity index (χ4v) is 1.60. The molecule has 0 saturated carbocycles. The van der Waals surface area contributed by atoms with E-state index in [1.54, 1.807) is 12.1 Å². The van der Waals surface area contributed by atoms with Crippen LogP contribution in [0.4, 0.5) is 4.79 Å². The van der Waals surface area contributed by atoms with Crippen molar-refractivity contribution in [1.82, 2.24) is 10.6 Å². The number of thioether (sulfide) groups is 1. The Balaban J connectivity index is 2.14. The lowest BCUT2D eigenvalue weighted by atomic mass is 10.4. The van der Waals surface area contributed by atoms with Gasteiger partial charge in [0.15, 0.2) is 0 Å². The van der Waals surface area contributed by atoms with Crippen LogP contribution in [-0.4, -0.2) is 30.0 Å². The Kier molecular flexibility index (Phi) is 6.19. The van der Waals surface area contributed by atoms with Crippen molar-refractivity contribution in [1.29, 1.82) is 0 Å².